The first kappa shape index (κ1) is 25.4. The number of benzene rings is 2. The summed E-state index contributed by atoms with van der Waals surface area (Å²) < 4.78 is 26.5. The molecule has 0 atom stereocenters. The molecule has 0 saturated carbocycles. The molecule has 1 saturated heterocycles. The van der Waals surface area contributed by atoms with Crippen molar-refractivity contribution >= 4 is 15.9 Å². The monoisotopic (exact) mass is 472 g/mol. The predicted octanol–water partition coefficient (Wildman–Crippen LogP) is 2.78. The maximum Gasteiger partial charge on any atom is 0.251 e. The fraction of sp³-hybridized carbons (Fsp3) is 0.480. The van der Waals surface area contributed by atoms with E-state index in [-0.39, 0.29) is 16.8 Å². The van der Waals surface area contributed by atoms with Crippen molar-refractivity contribution in [2.45, 2.75) is 44.8 Å². The molecule has 33 heavy (non-hydrogen) atoms. The zero-order valence-corrected chi connectivity index (χ0v) is 20.9. The Labute approximate surface area is 198 Å². The highest BCUT2D eigenvalue weighted by atomic mass is 32.2. The summed E-state index contributed by atoms with van der Waals surface area (Å²) in [5.74, 6) is -0.228. The molecule has 0 unspecified atom stereocenters. The summed E-state index contributed by atoms with van der Waals surface area (Å²) in [6.07, 6.45) is 0. The third-order valence-corrected chi connectivity index (χ3v) is 8.36. The number of hydrogen-bond donors (Lipinski definition) is 1. The van der Waals surface area contributed by atoms with Crippen LogP contribution < -0.4 is 5.32 Å². The first-order chi connectivity index (χ1) is 15.7. The van der Waals surface area contributed by atoms with Crippen LogP contribution >= 0.6 is 0 Å². The molecule has 1 fully saturated rings. The molecule has 180 valence electrons. The maximum absolute atomic E-state index is 12.6. The Morgan fingerprint density at radius 3 is 2.03 bits per heavy atom. The number of nitrogens with zero attached hydrogens (tertiary/aromatic N) is 3. The number of rotatable bonds is 9. The Bertz CT molecular complexity index is 1010. The zero-order valence-electron chi connectivity index (χ0n) is 20.1. The molecule has 1 aliphatic heterocycles. The van der Waals surface area contributed by atoms with Crippen molar-refractivity contribution in [3.05, 3.63) is 65.2 Å². The normalized spacial score (nSPS) is 15.8. The summed E-state index contributed by atoms with van der Waals surface area (Å²) in [5.41, 5.74) is 2.74. The Kier molecular flexibility index (Phi) is 8.64. The molecule has 1 heterocycles. The van der Waals surface area contributed by atoms with Crippen molar-refractivity contribution in [2.24, 2.45) is 0 Å². The molecule has 0 spiro atoms. The van der Waals surface area contributed by atoms with Crippen LogP contribution in [-0.2, 0) is 23.1 Å². The number of piperazine rings is 1. The topological polar surface area (TPSA) is 73.0 Å². The highest BCUT2D eigenvalue weighted by molar-refractivity contribution is 7.89. The lowest BCUT2D eigenvalue weighted by Crippen LogP contribution is -2.45. The van der Waals surface area contributed by atoms with Gasteiger partial charge >= 0.3 is 0 Å². The first-order valence-electron chi connectivity index (χ1n) is 11.6. The summed E-state index contributed by atoms with van der Waals surface area (Å²) in [4.78, 5) is 17.7. The summed E-state index contributed by atoms with van der Waals surface area (Å²) >= 11 is 0. The SMILES string of the molecule is CCN1CCN(Cc2ccc(CNC(=O)c3ccc(S(=O)(=O)N(C)C(C)C)cc3)cc2)CC1. The Balaban J connectivity index is 1.51. The molecular formula is C25H36N4O3S. The molecule has 8 heteroatoms. The van der Waals surface area contributed by atoms with Crippen molar-refractivity contribution in [3.8, 4) is 0 Å². The molecular weight excluding hydrogens is 436 g/mol. The average Bonchev–Trinajstić information content (AvgIpc) is 2.83. The fourth-order valence-corrected chi connectivity index (χ4v) is 5.16. The minimum atomic E-state index is -3.56. The van der Waals surface area contributed by atoms with E-state index in [0.717, 1.165) is 44.8 Å². The molecule has 0 aliphatic carbocycles. The van der Waals surface area contributed by atoms with Gasteiger partial charge in [-0.25, -0.2) is 8.42 Å². The van der Waals surface area contributed by atoms with E-state index in [9.17, 15) is 13.2 Å². The van der Waals surface area contributed by atoms with Crippen molar-refractivity contribution in [1.82, 2.24) is 19.4 Å². The molecule has 0 bridgehead atoms. The van der Waals surface area contributed by atoms with Crippen molar-refractivity contribution in [2.75, 3.05) is 39.8 Å². The molecule has 0 aromatic heterocycles. The van der Waals surface area contributed by atoms with E-state index >= 15 is 0 Å². The molecule has 2 aromatic rings. The van der Waals surface area contributed by atoms with Gasteiger partial charge in [-0.3, -0.25) is 9.69 Å². The molecule has 3 rings (SSSR count). The lowest BCUT2D eigenvalue weighted by atomic mass is 10.1. The highest BCUT2D eigenvalue weighted by Gasteiger charge is 2.23. The van der Waals surface area contributed by atoms with Gasteiger partial charge in [0, 0.05) is 57.9 Å². The first-order valence-corrected chi connectivity index (χ1v) is 13.0. The van der Waals surface area contributed by atoms with Crippen LogP contribution in [0.5, 0.6) is 0 Å². The van der Waals surface area contributed by atoms with Gasteiger partial charge in [0.1, 0.15) is 0 Å². The maximum atomic E-state index is 12.6. The summed E-state index contributed by atoms with van der Waals surface area (Å²) in [7, 11) is -2.01. The zero-order chi connectivity index (χ0) is 24.0. The lowest BCUT2D eigenvalue weighted by Gasteiger charge is -2.34. The Morgan fingerprint density at radius 2 is 1.48 bits per heavy atom. The summed E-state index contributed by atoms with van der Waals surface area (Å²) in [5, 5.41) is 2.91. The van der Waals surface area contributed by atoms with Gasteiger partial charge in [0.05, 0.1) is 4.90 Å². The number of hydrogen-bond acceptors (Lipinski definition) is 5. The van der Waals surface area contributed by atoms with Crippen molar-refractivity contribution < 1.29 is 13.2 Å². The highest BCUT2D eigenvalue weighted by Crippen LogP contribution is 2.17. The smallest absolute Gasteiger partial charge is 0.251 e. The van der Waals surface area contributed by atoms with Crippen LogP contribution in [0.15, 0.2) is 53.4 Å². The number of sulfonamides is 1. The Morgan fingerprint density at radius 1 is 0.939 bits per heavy atom. The van der Waals surface area contributed by atoms with Gasteiger partial charge in [-0.1, -0.05) is 31.2 Å². The number of amides is 1. The number of nitrogens with one attached hydrogen (secondary N) is 1. The van der Waals surface area contributed by atoms with Crippen LogP contribution in [0.2, 0.25) is 0 Å². The predicted molar refractivity (Wildman–Crippen MR) is 132 cm³/mol. The van der Waals surface area contributed by atoms with Crippen LogP contribution in [0.25, 0.3) is 0 Å². The van der Waals surface area contributed by atoms with Gasteiger partial charge in [-0.2, -0.15) is 4.31 Å². The van der Waals surface area contributed by atoms with E-state index in [0.29, 0.717) is 12.1 Å². The number of carbonyl (C=O) groups excluding carboxylic acids is 1. The molecule has 0 radical (unpaired) electrons. The van der Waals surface area contributed by atoms with Crippen LogP contribution in [0.1, 0.15) is 42.3 Å². The van der Waals surface area contributed by atoms with Crippen molar-refractivity contribution in [1.29, 1.82) is 0 Å². The van der Waals surface area contributed by atoms with E-state index in [1.54, 1.807) is 19.2 Å². The van der Waals surface area contributed by atoms with Gasteiger partial charge in [0.25, 0.3) is 5.91 Å². The van der Waals surface area contributed by atoms with Gasteiger partial charge in [0.15, 0.2) is 0 Å². The molecule has 2 aromatic carbocycles. The fourth-order valence-electron chi connectivity index (χ4n) is 3.79. The van der Waals surface area contributed by atoms with E-state index in [4.69, 9.17) is 0 Å². The van der Waals surface area contributed by atoms with Crippen LogP contribution in [0.4, 0.5) is 0 Å². The van der Waals surface area contributed by atoms with Gasteiger partial charge in [0.2, 0.25) is 10.0 Å². The van der Waals surface area contributed by atoms with Crippen LogP contribution in [-0.4, -0.2) is 74.2 Å². The van der Waals surface area contributed by atoms with Gasteiger partial charge in [-0.15, -0.1) is 0 Å². The molecule has 1 N–H and O–H groups in total. The second-order valence-electron chi connectivity index (χ2n) is 8.85. The lowest BCUT2D eigenvalue weighted by molar-refractivity contribution is 0.0951. The van der Waals surface area contributed by atoms with Crippen molar-refractivity contribution in [3.63, 3.8) is 0 Å². The second kappa shape index (κ2) is 11.2. The van der Waals surface area contributed by atoms with E-state index in [2.05, 4.69) is 46.3 Å². The Hall–Kier alpha value is -2.26. The van der Waals surface area contributed by atoms with Gasteiger partial charge < -0.3 is 10.2 Å². The largest absolute Gasteiger partial charge is 0.348 e. The third kappa shape index (κ3) is 6.63. The minimum Gasteiger partial charge on any atom is -0.348 e. The molecule has 1 aliphatic rings. The summed E-state index contributed by atoms with van der Waals surface area (Å²) in [6, 6.07) is 14.3. The molecule has 7 nitrogen and oxygen atoms in total. The quantitative estimate of drug-likeness (QED) is 0.608. The average molecular weight is 473 g/mol. The standard InChI is InChI=1S/C25H36N4O3S/c1-5-28-14-16-29(17-15-28)19-22-8-6-21(7-9-22)18-26-25(30)23-10-12-24(13-11-23)33(31,32)27(4)20(2)3/h6-13,20H,5,14-19H2,1-4H3,(H,26,30). The second-order valence-corrected chi connectivity index (χ2v) is 10.8. The van der Waals surface area contributed by atoms with Gasteiger partial charge in [-0.05, 0) is 55.8 Å². The van der Waals surface area contributed by atoms with E-state index in [1.807, 2.05) is 13.8 Å². The third-order valence-electron chi connectivity index (χ3n) is 6.32. The minimum absolute atomic E-state index is 0.143. The van der Waals surface area contributed by atoms with Crippen LogP contribution in [0, 0.1) is 0 Å². The molecule has 1 amide bonds. The van der Waals surface area contributed by atoms with E-state index < -0.39 is 10.0 Å². The summed E-state index contributed by atoms with van der Waals surface area (Å²) in [6.45, 7) is 12.8. The van der Waals surface area contributed by atoms with Crippen LogP contribution in [0.3, 0.4) is 0 Å². The number of likely N-dealkylation sites (N-methyl/N-ethyl adjacent to an activating group) is 1. The van der Waals surface area contributed by atoms with E-state index in [1.165, 1.54) is 22.0 Å². The number of carbonyl (C=O) groups is 1.